The molecule has 2 spiro atoms. The Kier molecular flexibility index (Phi) is 11.9. The second-order valence-electron chi connectivity index (χ2n) is 19.7. The van der Waals surface area contributed by atoms with Crippen molar-refractivity contribution in [3.63, 3.8) is 0 Å². The van der Waals surface area contributed by atoms with Gasteiger partial charge in [-0.3, -0.25) is 28.9 Å². The fourth-order valence-electron chi connectivity index (χ4n) is 11.5. The molecule has 4 aliphatic carbocycles. The molecule has 6 rings (SSSR count). The molecule has 0 radical (unpaired) electrons. The fraction of sp³-hybridized carbons (Fsp3) is 0.833. The van der Waals surface area contributed by atoms with Gasteiger partial charge in [0.05, 0.1) is 6.04 Å². The van der Waals surface area contributed by atoms with Crippen LogP contribution >= 0.6 is 0 Å². The Balaban J connectivity index is 1.28. The maximum absolute atomic E-state index is 15.2. The van der Waals surface area contributed by atoms with Gasteiger partial charge in [0.25, 0.3) is 5.91 Å². The molecule has 0 aromatic carbocycles. The molecule has 2 heterocycles. The van der Waals surface area contributed by atoms with Crippen LogP contribution in [0, 0.1) is 33.5 Å². The molecular formula is C42H69N7O7S. The average Bonchev–Trinajstić information content (AvgIpc) is 3.66. The summed E-state index contributed by atoms with van der Waals surface area (Å²) in [6.07, 6.45) is 11.5. The first-order valence-electron chi connectivity index (χ1n) is 21.6. The summed E-state index contributed by atoms with van der Waals surface area (Å²) in [6, 6.07) is -3.07. The smallest absolute Gasteiger partial charge is 0.303 e. The van der Waals surface area contributed by atoms with Crippen molar-refractivity contribution in [1.82, 2.24) is 34.8 Å². The maximum atomic E-state index is 15.2. The molecule has 6 fully saturated rings. The topological polar surface area (TPSA) is 177 Å². The number of rotatable bonds is 14. The van der Waals surface area contributed by atoms with E-state index in [0.29, 0.717) is 13.0 Å². The number of hydrogen-bond acceptors (Lipinski definition) is 8. The quantitative estimate of drug-likeness (QED) is 0.193. The van der Waals surface area contributed by atoms with Crippen LogP contribution in [0.5, 0.6) is 0 Å². The Morgan fingerprint density at radius 2 is 1.56 bits per heavy atom. The Labute approximate surface area is 340 Å². The summed E-state index contributed by atoms with van der Waals surface area (Å²) in [7, 11) is -2.79. The largest absolute Gasteiger partial charge is 0.343 e. The van der Waals surface area contributed by atoms with Crippen LogP contribution in [0.25, 0.3) is 0 Å². The zero-order valence-electron chi connectivity index (χ0n) is 35.7. The van der Waals surface area contributed by atoms with Crippen LogP contribution < -0.4 is 20.7 Å². The number of likely N-dealkylation sites (N-methyl/N-ethyl adjacent to an activating group) is 1. The highest BCUT2D eigenvalue weighted by atomic mass is 32.2. The number of carbonyl (C=O) groups excluding carboxylic acids is 5. The van der Waals surface area contributed by atoms with E-state index in [4.69, 9.17) is 0 Å². The number of nitrogens with one attached hydrogen (secondary N) is 4. The lowest BCUT2D eigenvalue weighted by Crippen LogP contribution is -2.63. The summed E-state index contributed by atoms with van der Waals surface area (Å²) >= 11 is 0. The van der Waals surface area contributed by atoms with Crippen molar-refractivity contribution >= 4 is 39.7 Å². The Hall–Kier alpha value is -3.04. The number of carbonyl (C=O) groups is 5. The van der Waals surface area contributed by atoms with Crippen molar-refractivity contribution in [2.75, 3.05) is 33.2 Å². The van der Waals surface area contributed by atoms with E-state index < -0.39 is 57.0 Å². The normalized spacial score (nSPS) is 31.7. The van der Waals surface area contributed by atoms with Crippen molar-refractivity contribution in [3.05, 3.63) is 12.7 Å². The molecule has 0 unspecified atom stereocenters. The lowest BCUT2D eigenvalue weighted by molar-refractivity contribution is -0.145. The highest BCUT2D eigenvalue weighted by Gasteiger charge is 2.85. The molecule has 15 heteroatoms. The van der Waals surface area contributed by atoms with Crippen molar-refractivity contribution < 1.29 is 32.4 Å². The van der Waals surface area contributed by atoms with Gasteiger partial charge in [-0.25, -0.2) is 4.72 Å². The molecule has 2 aliphatic heterocycles. The van der Waals surface area contributed by atoms with E-state index in [1.54, 1.807) is 17.9 Å². The van der Waals surface area contributed by atoms with E-state index in [1.807, 2.05) is 27.7 Å². The molecule has 2 saturated heterocycles. The van der Waals surface area contributed by atoms with Gasteiger partial charge in [0, 0.05) is 31.5 Å². The van der Waals surface area contributed by atoms with Gasteiger partial charge >= 0.3 is 10.2 Å². The zero-order valence-corrected chi connectivity index (χ0v) is 36.5. The van der Waals surface area contributed by atoms with Crippen molar-refractivity contribution in [2.45, 2.75) is 155 Å². The molecule has 0 bridgehead atoms. The van der Waals surface area contributed by atoms with Gasteiger partial charge in [-0.2, -0.15) is 12.7 Å². The van der Waals surface area contributed by atoms with Crippen LogP contribution in [0.4, 0.5) is 0 Å². The van der Waals surface area contributed by atoms with Gasteiger partial charge in [0.15, 0.2) is 0 Å². The van der Waals surface area contributed by atoms with E-state index in [2.05, 4.69) is 46.0 Å². The van der Waals surface area contributed by atoms with Gasteiger partial charge in [-0.1, -0.05) is 80.2 Å². The van der Waals surface area contributed by atoms with Crippen LogP contribution in [0.3, 0.4) is 0 Å². The van der Waals surface area contributed by atoms with E-state index in [0.717, 1.165) is 81.6 Å². The molecule has 320 valence electrons. The Bertz CT molecular complexity index is 1730. The van der Waals surface area contributed by atoms with Crippen LogP contribution in [-0.2, 0) is 34.2 Å². The molecule has 4 N–H and O–H groups in total. The molecule has 14 nitrogen and oxygen atoms in total. The third kappa shape index (κ3) is 7.33. The first-order valence-corrected chi connectivity index (χ1v) is 23.0. The number of likely N-dealkylation sites (tertiary alicyclic amines) is 2. The zero-order chi connectivity index (χ0) is 41.9. The van der Waals surface area contributed by atoms with Crippen LogP contribution in [0.1, 0.15) is 126 Å². The molecule has 57 heavy (non-hydrogen) atoms. The Morgan fingerprint density at radius 1 is 0.895 bits per heavy atom. The van der Waals surface area contributed by atoms with Crippen molar-refractivity contribution in [1.29, 1.82) is 0 Å². The average molecular weight is 816 g/mol. The third-order valence-electron chi connectivity index (χ3n) is 15.7. The van der Waals surface area contributed by atoms with E-state index >= 15 is 4.79 Å². The molecule has 7 atom stereocenters. The number of amides is 5. The van der Waals surface area contributed by atoms with Crippen LogP contribution in [0.2, 0.25) is 0 Å². The predicted molar refractivity (Wildman–Crippen MR) is 217 cm³/mol. The van der Waals surface area contributed by atoms with Gasteiger partial charge < -0.3 is 20.9 Å². The first kappa shape index (κ1) is 43.5. The third-order valence-corrected chi connectivity index (χ3v) is 17.2. The summed E-state index contributed by atoms with van der Waals surface area (Å²) in [6.45, 7) is 19.7. The number of nitrogens with zero attached hydrogens (tertiary/aromatic N) is 3. The summed E-state index contributed by atoms with van der Waals surface area (Å²) in [5, 5.41) is 9.21. The highest BCUT2D eigenvalue weighted by Crippen LogP contribution is 2.88. The summed E-state index contributed by atoms with van der Waals surface area (Å²) in [4.78, 5) is 75.7. The molecule has 0 aromatic rings. The SMILES string of the molecule is C=C[C@@H]1C[C@]1(NC(=O)[C@@H]1C[C@@]2(CN1C(=O)[C@@H](NC(=O)[C@@H](NC(=O)[C@@H]1CCCN1CC)C1CCCCC1)C(C)(C)C)C(C)(C)C21CCC1)C(=O)NS(=O)(=O)N(C)CC. The second-order valence-corrected chi connectivity index (χ2v) is 21.4. The minimum atomic E-state index is -4.16. The summed E-state index contributed by atoms with van der Waals surface area (Å²) in [5.74, 6) is -2.85. The predicted octanol–water partition coefficient (Wildman–Crippen LogP) is 3.24. The number of hydrogen-bond donors (Lipinski definition) is 4. The molecule has 5 amide bonds. The van der Waals surface area contributed by atoms with Crippen molar-refractivity contribution in [2.24, 2.45) is 33.5 Å². The lowest BCUT2D eigenvalue weighted by Gasteiger charge is -2.38. The number of fused-ring (bicyclic) bond motifs is 1. The van der Waals surface area contributed by atoms with Gasteiger partial charge in [0.2, 0.25) is 23.6 Å². The molecular weight excluding hydrogens is 747 g/mol. The lowest BCUT2D eigenvalue weighted by atomic mass is 9.73. The van der Waals surface area contributed by atoms with Crippen LogP contribution in [-0.4, -0.2) is 115 Å². The van der Waals surface area contributed by atoms with Gasteiger partial charge in [-0.05, 0) is 86.6 Å². The fourth-order valence-corrected chi connectivity index (χ4v) is 12.4. The first-order chi connectivity index (χ1) is 26.7. The second kappa shape index (κ2) is 15.5. The van der Waals surface area contributed by atoms with E-state index in [9.17, 15) is 27.6 Å². The maximum Gasteiger partial charge on any atom is 0.303 e. The standard InChI is InChI=1S/C42H69N7O7S/c1-10-28-24-42(28,37(54)46-57(55,56)47(9)11-2)45-34(51)30-25-41(39(7,8)40(41)21-17-22-40)26-49(30)36(53)32(38(4,5)6)44-35(52)31(27-18-14-13-15-19-27)43-33(50)29-20-16-23-48(29)12-3/h10,27-32H,1,11-26H2,2-9H3,(H,43,50)(H,44,52)(H,45,51)(H,46,54)/t28-,29+,30+,31+,32-,41-,42-/m1/s1. The summed E-state index contributed by atoms with van der Waals surface area (Å²) in [5.41, 5.74) is -2.81. The molecule has 6 aliphatic rings. The minimum absolute atomic E-state index is 0.0197. The van der Waals surface area contributed by atoms with E-state index in [1.165, 1.54) is 7.05 Å². The highest BCUT2D eigenvalue weighted by molar-refractivity contribution is 7.87. The Morgan fingerprint density at radius 3 is 2.09 bits per heavy atom. The summed E-state index contributed by atoms with van der Waals surface area (Å²) < 4.78 is 29.0. The molecule has 0 aromatic heterocycles. The van der Waals surface area contributed by atoms with Crippen molar-refractivity contribution in [3.8, 4) is 0 Å². The van der Waals surface area contributed by atoms with Crippen LogP contribution in [0.15, 0.2) is 12.7 Å². The monoisotopic (exact) mass is 815 g/mol. The van der Waals surface area contributed by atoms with Gasteiger partial charge in [0.1, 0.15) is 23.7 Å². The van der Waals surface area contributed by atoms with E-state index in [-0.39, 0.29) is 58.9 Å². The molecule has 4 saturated carbocycles. The van der Waals surface area contributed by atoms with Gasteiger partial charge in [-0.15, -0.1) is 6.58 Å². The minimum Gasteiger partial charge on any atom is -0.343 e.